The SMILES string of the molecule is COC(=O)NCCc1nc(-c2ccc(Cl)cc2)no1. The highest BCUT2D eigenvalue weighted by molar-refractivity contribution is 6.30. The van der Waals surface area contributed by atoms with Gasteiger partial charge in [0.05, 0.1) is 7.11 Å². The minimum atomic E-state index is -0.488. The number of amides is 1. The van der Waals surface area contributed by atoms with Gasteiger partial charge in [0.25, 0.3) is 0 Å². The first-order chi connectivity index (χ1) is 9.19. The van der Waals surface area contributed by atoms with Crippen molar-refractivity contribution in [2.45, 2.75) is 6.42 Å². The number of nitrogens with zero attached hydrogens (tertiary/aromatic N) is 2. The molecular formula is C12H12ClN3O3. The number of methoxy groups -OCH3 is 1. The van der Waals surface area contributed by atoms with E-state index in [1.807, 2.05) is 12.1 Å². The molecule has 0 saturated carbocycles. The molecule has 0 spiro atoms. The van der Waals surface area contributed by atoms with Crippen LogP contribution in [-0.4, -0.2) is 29.9 Å². The quantitative estimate of drug-likeness (QED) is 0.930. The zero-order valence-corrected chi connectivity index (χ0v) is 11.0. The van der Waals surface area contributed by atoms with E-state index in [-0.39, 0.29) is 0 Å². The summed E-state index contributed by atoms with van der Waals surface area (Å²) in [6.07, 6.45) is -0.0483. The van der Waals surface area contributed by atoms with E-state index in [9.17, 15) is 4.79 Å². The Labute approximate surface area is 114 Å². The van der Waals surface area contributed by atoms with Gasteiger partial charge in [-0.3, -0.25) is 0 Å². The molecule has 0 atom stereocenters. The number of halogens is 1. The maximum Gasteiger partial charge on any atom is 0.406 e. The van der Waals surface area contributed by atoms with Crippen LogP contribution in [-0.2, 0) is 11.2 Å². The van der Waals surface area contributed by atoms with Crippen molar-refractivity contribution in [2.75, 3.05) is 13.7 Å². The second kappa shape index (κ2) is 6.19. The van der Waals surface area contributed by atoms with Crippen LogP contribution in [0.2, 0.25) is 5.02 Å². The fourth-order valence-corrected chi connectivity index (χ4v) is 1.54. The van der Waals surface area contributed by atoms with Crippen LogP contribution in [0.5, 0.6) is 0 Å². The van der Waals surface area contributed by atoms with E-state index < -0.39 is 6.09 Å². The lowest BCUT2D eigenvalue weighted by Gasteiger charge is -1.99. The van der Waals surface area contributed by atoms with Gasteiger partial charge in [-0.25, -0.2) is 4.79 Å². The number of aromatic nitrogens is 2. The first kappa shape index (κ1) is 13.4. The van der Waals surface area contributed by atoms with Gasteiger partial charge in [0.1, 0.15) is 0 Å². The lowest BCUT2D eigenvalue weighted by atomic mass is 10.2. The molecule has 0 unspecified atom stereocenters. The zero-order chi connectivity index (χ0) is 13.7. The summed E-state index contributed by atoms with van der Waals surface area (Å²) in [5, 5.41) is 7.04. The Hall–Kier alpha value is -2.08. The smallest absolute Gasteiger partial charge is 0.406 e. The minimum Gasteiger partial charge on any atom is -0.453 e. The van der Waals surface area contributed by atoms with E-state index in [2.05, 4.69) is 20.2 Å². The van der Waals surface area contributed by atoms with Crippen molar-refractivity contribution >= 4 is 17.7 Å². The minimum absolute atomic E-state index is 0.370. The Morgan fingerprint density at radius 1 is 1.42 bits per heavy atom. The molecule has 1 amide bonds. The van der Waals surface area contributed by atoms with Gasteiger partial charge in [-0.05, 0) is 24.3 Å². The molecule has 0 aliphatic heterocycles. The lowest BCUT2D eigenvalue weighted by Crippen LogP contribution is -2.25. The summed E-state index contributed by atoms with van der Waals surface area (Å²) in [6.45, 7) is 0.370. The molecule has 6 nitrogen and oxygen atoms in total. The van der Waals surface area contributed by atoms with Crippen LogP contribution in [0.15, 0.2) is 28.8 Å². The predicted molar refractivity (Wildman–Crippen MR) is 68.9 cm³/mol. The van der Waals surface area contributed by atoms with Gasteiger partial charge >= 0.3 is 6.09 Å². The predicted octanol–water partition coefficient (Wildman–Crippen LogP) is 2.29. The van der Waals surface area contributed by atoms with E-state index in [4.69, 9.17) is 16.1 Å². The maximum absolute atomic E-state index is 10.8. The van der Waals surface area contributed by atoms with Gasteiger partial charge in [0.15, 0.2) is 0 Å². The molecule has 19 heavy (non-hydrogen) atoms. The molecule has 1 aromatic carbocycles. The number of nitrogens with one attached hydrogen (secondary N) is 1. The number of alkyl carbamates (subject to hydrolysis) is 1. The molecule has 1 aromatic heterocycles. The maximum atomic E-state index is 10.8. The molecule has 0 radical (unpaired) electrons. The molecule has 1 heterocycles. The molecule has 7 heteroatoms. The van der Waals surface area contributed by atoms with E-state index in [1.54, 1.807) is 12.1 Å². The van der Waals surface area contributed by atoms with Crippen molar-refractivity contribution in [2.24, 2.45) is 0 Å². The fourth-order valence-electron chi connectivity index (χ4n) is 1.42. The van der Waals surface area contributed by atoms with Crippen molar-refractivity contribution in [1.82, 2.24) is 15.5 Å². The van der Waals surface area contributed by atoms with Crippen LogP contribution < -0.4 is 5.32 Å². The average molecular weight is 282 g/mol. The Balaban J connectivity index is 1.95. The zero-order valence-electron chi connectivity index (χ0n) is 10.2. The Kier molecular flexibility index (Phi) is 4.35. The molecule has 100 valence electrons. The highest BCUT2D eigenvalue weighted by Crippen LogP contribution is 2.18. The van der Waals surface area contributed by atoms with E-state index in [0.29, 0.717) is 29.7 Å². The number of carbonyl (C=O) groups excluding carboxylic acids is 1. The number of hydrogen-bond acceptors (Lipinski definition) is 5. The summed E-state index contributed by atoms with van der Waals surface area (Å²) in [5.74, 6) is 0.936. The van der Waals surface area contributed by atoms with Crippen LogP contribution in [0.1, 0.15) is 5.89 Å². The number of rotatable bonds is 4. The van der Waals surface area contributed by atoms with Crippen molar-refractivity contribution in [1.29, 1.82) is 0 Å². The van der Waals surface area contributed by atoms with Gasteiger partial charge in [0.2, 0.25) is 11.7 Å². The third kappa shape index (κ3) is 3.69. The normalized spacial score (nSPS) is 10.2. The van der Waals surface area contributed by atoms with Gasteiger partial charge < -0.3 is 14.6 Å². The lowest BCUT2D eigenvalue weighted by molar-refractivity contribution is 0.171. The van der Waals surface area contributed by atoms with Gasteiger partial charge in [0, 0.05) is 23.6 Å². The summed E-state index contributed by atoms with van der Waals surface area (Å²) in [5.41, 5.74) is 0.820. The topological polar surface area (TPSA) is 77.2 Å². The fraction of sp³-hybridized carbons (Fsp3) is 0.250. The standard InChI is InChI=1S/C12H12ClN3O3/c1-18-12(17)14-7-6-10-15-11(16-19-10)8-2-4-9(13)5-3-8/h2-5H,6-7H2,1H3,(H,14,17). The van der Waals surface area contributed by atoms with Crippen LogP contribution in [0.4, 0.5) is 4.79 Å². The third-order valence-electron chi connectivity index (χ3n) is 2.36. The van der Waals surface area contributed by atoms with Crippen molar-refractivity contribution in [3.8, 4) is 11.4 Å². The summed E-state index contributed by atoms with van der Waals surface area (Å²) in [4.78, 5) is 15.1. The van der Waals surface area contributed by atoms with Crippen LogP contribution >= 0.6 is 11.6 Å². The van der Waals surface area contributed by atoms with Crippen molar-refractivity contribution in [3.63, 3.8) is 0 Å². The van der Waals surface area contributed by atoms with E-state index in [0.717, 1.165) is 5.56 Å². The van der Waals surface area contributed by atoms with Crippen molar-refractivity contribution < 1.29 is 14.1 Å². The Bertz CT molecular complexity index is 554. The molecule has 0 fully saturated rings. The van der Waals surface area contributed by atoms with Gasteiger partial charge in [-0.15, -0.1) is 0 Å². The average Bonchev–Trinajstić information content (AvgIpc) is 2.88. The summed E-state index contributed by atoms with van der Waals surface area (Å²) < 4.78 is 9.52. The molecule has 2 rings (SSSR count). The van der Waals surface area contributed by atoms with Gasteiger partial charge in [-0.1, -0.05) is 16.8 Å². The molecule has 2 aromatic rings. The summed E-state index contributed by atoms with van der Waals surface area (Å²) >= 11 is 5.80. The molecule has 0 aliphatic rings. The highest BCUT2D eigenvalue weighted by Gasteiger charge is 2.08. The van der Waals surface area contributed by atoms with Crippen molar-refractivity contribution in [3.05, 3.63) is 35.2 Å². The number of ether oxygens (including phenoxy) is 1. The van der Waals surface area contributed by atoms with Crippen LogP contribution in [0.25, 0.3) is 11.4 Å². The number of benzene rings is 1. The number of carbonyl (C=O) groups is 1. The second-order valence-corrected chi connectivity index (χ2v) is 4.12. The molecule has 0 bridgehead atoms. The Morgan fingerprint density at radius 3 is 2.84 bits per heavy atom. The van der Waals surface area contributed by atoms with Crippen LogP contribution in [0, 0.1) is 0 Å². The number of hydrogen-bond donors (Lipinski definition) is 1. The van der Waals surface area contributed by atoms with Crippen LogP contribution in [0.3, 0.4) is 0 Å². The second-order valence-electron chi connectivity index (χ2n) is 3.69. The molecule has 1 N–H and O–H groups in total. The summed E-state index contributed by atoms with van der Waals surface area (Å²) in [6, 6.07) is 7.13. The summed E-state index contributed by atoms with van der Waals surface area (Å²) in [7, 11) is 1.31. The largest absolute Gasteiger partial charge is 0.453 e. The van der Waals surface area contributed by atoms with E-state index in [1.165, 1.54) is 7.11 Å². The first-order valence-corrected chi connectivity index (χ1v) is 5.97. The monoisotopic (exact) mass is 281 g/mol. The van der Waals surface area contributed by atoms with E-state index >= 15 is 0 Å². The molecule has 0 aliphatic carbocycles. The molecular weight excluding hydrogens is 270 g/mol. The molecule has 0 saturated heterocycles. The van der Waals surface area contributed by atoms with Gasteiger partial charge in [-0.2, -0.15) is 4.98 Å². The third-order valence-corrected chi connectivity index (χ3v) is 2.62. The highest BCUT2D eigenvalue weighted by atomic mass is 35.5. The first-order valence-electron chi connectivity index (χ1n) is 5.59. The Morgan fingerprint density at radius 2 is 2.16 bits per heavy atom.